The molecule has 0 bridgehead atoms. The lowest BCUT2D eigenvalue weighted by atomic mass is 10.1. The third kappa shape index (κ3) is 4.03. The lowest BCUT2D eigenvalue weighted by Gasteiger charge is -2.20. The summed E-state index contributed by atoms with van der Waals surface area (Å²) in [5, 5.41) is 10.6. The lowest BCUT2D eigenvalue weighted by Crippen LogP contribution is -2.41. The van der Waals surface area contributed by atoms with Gasteiger partial charge in [-0.15, -0.1) is 11.3 Å². The second-order valence-corrected chi connectivity index (χ2v) is 7.21. The molecule has 7 heteroatoms. The van der Waals surface area contributed by atoms with E-state index >= 15 is 0 Å². The summed E-state index contributed by atoms with van der Waals surface area (Å²) in [6, 6.07) is 1.22. The van der Waals surface area contributed by atoms with Crippen molar-refractivity contribution in [1.82, 2.24) is 4.72 Å². The van der Waals surface area contributed by atoms with E-state index in [1.165, 1.54) is 6.07 Å². The Kier molecular flexibility index (Phi) is 5.74. The second-order valence-electron chi connectivity index (χ2n) is 4.36. The highest BCUT2D eigenvalue weighted by atomic mass is 32.2. The summed E-state index contributed by atoms with van der Waals surface area (Å²) >= 11 is 1.10. The summed E-state index contributed by atoms with van der Waals surface area (Å²) in [5.74, 6) is 0.136. The SMILES string of the molecule is COCC(NS(=O)(=O)c1cc(CO)cs1)C(C)C. The third-order valence-electron chi connectivity index (χ3n) is 2.53. The standard InChI is InChI=1S/C11H19NO4S2/c1-8(2)10(6-16-3)12-18(14,15)11-4-9(5-13)7-17-11/h4,7-8,10,12-13H,5-6H2,1-3H3. The first-order valence-electron chi connectivity index (χ1n) is 5.60. The molecule has 1 aromatic heterocycles. The van der Waals surface area contributed by atoms with E-state index in [4.69, 9.17) is 9.84 Å². The number of thiophene rings is 1. The molecule has 1 aromatic rings. The van der Waals surface area contributed by atoms with Gasteiger partial charge in [0.2, 0.25) is 10.0 Å². The normalized spacial score (nSPS) is 14.1. The predicted octanol–water partition coefficient (Wildman–Crippen LogP) is 1.19. The molecule has 1 rings (SSSR count). The van der Waals surface area contributed by atoms with Crippen molar-refractivity contribution in [3.05, 3.63) is 17.0 Å². The number of nitrogens with one attached hydrogen (secondary N) is 1. The summed E-state index contributed by atoms with van der Waals surface area (Å²) in [7, 11) is -2.00. The number of rotatable bonds is 7. The van der Waals surface area contributed by atoms with Gasteiger partial charge in [0.25, 0.3) is 0 Å². The van der Waals surface area contributed by atoms with Gasteiger partial charge < -0.3 is 9.84 Å². The van der Waals surface area contributed by atoms with Crippen LogP contribution in [0.3, 0.4) is 0 Å². The molecule has 104 valence electrons. The van der Waals surface area contributed by atoms with Crippen molar-refractivity contribution >= 4 is 21.4 Å². The molecule has 0 aromatic carbocycles. The van der Waals surface area contributed by atoms with Crippen LogP contribution < -0.4 is 4.72 Å². The molecule has 0 amide bonds. The van der Waals surface area contributed by atoms with Gasteiger partial charge in [0, 0.05) is 13.2 Å². The number of sulfonamides is 1. The highest BCUT2D eigenvalue weighted by Crippen LogP contribution is 2.21. The maximum absolute atomic E-state index is 12.1. The van der Waals surface area contributed by atoms with Crippen molar-refractivity contribution in [2.75, 3.05) is 13.7 Å². The van der Waals surface area contributed by atoms with E-state index in [0.29, 0.717) is 12.2 Å². The smallest absolute Gasteiger partial charge is 0.250 e. The molecule has 1 atom stereocenters. The Labute approximate surface area is 112 Å². The quantitative estimate of drug-likeness (QED) is 0.792. The third-order valence-corrected chi connectivity index (χ3v) is 5.51. The van der Waals surface area contributed by atoms with Gasteiger partial charge in [-0.1, -0.05) is 13.8 Å². The summed E-state index contributed by atoms with van der Waals surface area (Å²) in [6.07, 6.45) is 0. The topological polar surface area (TPSA) is 75.6 Å². The Morgan fingerprint density at radius 1 is 1.50 bits per heavy atom. The molecule has 0 saturated heterocycles. The Bertz CT molecular complexity index is 467. The van der Waals surface area contributed by atoms with E-state index in [2.05, 4.69) is 4.72 Å². The van der Waals surface area contributed by atoms with Gasteiger partial charge in [-0.3, -0.25) is 0 Å². The fourth-order valence-electron chi connectivity index (χ4n) is 1.38. The zero-order valence-electron chi connectivity index (χ0n) is 10.7. The van der Waals surface area contributed by atoms with Crippen molar-refractivity contribution in [3.8, 4) is 0 Å². The van der Waals surface area contributed by atoms with Crippen LogP contribution in [0.4, 0.5) is 0 Å². The van der Waals surface area contributed by atoms with Gasteiger partial charge >= 0.3 is 0 Å². The van der Waals surface area contributed by atoms with Crippen molar-refractivity contribution in [2.24, 2.45) is 5.92 Å². The number of methoxy groups -OCH3 is 1. The number of aliphatic hydroxyl groups is 1. The molecule has 0 aliphatic carbocycles. The molecule has 0 saturated carbocycles. The first kappa shape index (κ1) is 15.6. The monoisotopic (exact) mass is 293 g/mol. The van der Waals surface area contributed by atoms with Crippen LogP contribution in [-0.2, 0) is 21.4 Å². The molecule has 0 fully saturated rings. The molecule has 1 heterocycles. The average Bonchev–Trinajstić information content (AvgIpc) is 2.77. The van der Waals surface area contributed by atoms with Crippen LogP contribution in [0.5, 0.6) is 0 Å². The van der Waals surface area contributed by atoms with E-state index < -0.39 is 10.0 Å². The summed E-state index contributed by atoms with van der Waals surface area (Å²) in [5.41, 5.74) is 0.605. The Morgan fingerprint density at radius 3 is 2.61 bits per heavy atom. The number of ether oxygens (including phenoxy) is 1. The summed E-state index contributed by atoms with van der Waals surface area (Å²) in [6.45, 7) is 4.03. The van der Waals surface area contributed by atoms with Crippen LogP contribution in [-0.4, -0.2) is 33.3 Å². The van der Waals surface area contributed by atoms with Crippen molar-refractivity contribution in [1.29, 1.82) is 0 Å². The first-order valence-corrected chi connectivity index (χ1v) is 7.96. The predicted molar refractivity (Wildman–Crippen MR) is 71.1 cm³/mol. The zero-order chi connectivity index (χ0) is 13.8. The van der Waals surface area contributed by atoms with E-state index in [0.717, 1.165) is 11.3 Å². The van der Waals surface area contributed by atoms with E-state index in [1.54, 1.807) is 12.5 Å². The molecule has 18 heavy (non-hydrogen) atoms. The van der Waals surface area contributed by atoms with Gasteiger partial charge in [0.15, 0.2) is 0 Å². The molecule has 0 radical (unpaired) electrons. The molecule has 0 aliphatic rings. The Balaban J connectivity index is 2.86. The van der Waals surface area contributed by atoms with E-state index in [9.17, 15) is 8.42 Å². The molecule has 1 unspecified atom stereocenters. The lowest BCUT2D eigenvalue weighted by molar-refractivity contribution is 0.157. The highest BCUT2D eigenvalue weighted by molar-refractivity contribution is 7.91. The molecule has 0 spiro atoms. The van der Waals surface area contributed by atoms with Crippen molar-refractivity contribution in [3.63, 3.8) is 0 Å². The van der Waals surface area contributed by atoms with Crippen LogP contribution in [0.25, 0.3) is 0 Å². The number of hydrogen-bond donors (Lipinski definition) is 2. The van der Waals surface area contributed by atoms with Crippen molar-refractivity contribution in [2.45, 2.75) is 30.7 Å². The minimum Gasteiger partial charge on any atom is -0.392 e. The average molecular weight is 293 g/mol. The largest absolute Gasteiger partial charge is 0.392 e. The maximum Gasteiger partial charge on any atom is 0.250 e. The fourth-order valence-corrected chi connectivity index (χ4v) is 3.96. The molecule has 2 N–H and O–H groups in total. The van der Waals surface area contributed by atoms with Crippen LogP contribution in [0.15, 0.2) is 15.7 Å². The van der Waals surface area contributed by atoms with Gasteiger partial charge in [0.1, 0.15) is 4.21 Å². The number of aliphatic hydroxyl groups excluding tert-OH is 1. The fraction of sp³-hybridized carbons (Fsp3) is 0.636. The van der Waals surface area contributed by atoms with Crippen LogP contribution in [0.2, 0.25) is 0 Å². The maximum atomic E-state index is 12.1. The van der Waals surface area contributed by atoms with Gasteiger partial charge in [-0.2, -0.15) is 0 Å². The second kappa shape index (κ2) is 6.63. The first-order chi connectivity index (χ1) is 8.40. The van der Waals surface area contributed by atoms with Crippen LogP contribution >= 0.6 is 11.3 Å². The van der Waals surface area contributed by atoms with Gasteiger partial charge in [-0.05, 0) is 22.9 Å². The highest BCUT2D eigenvalue weighted by Gasteiger charge is 2.23. The summed E-state index contributed by atoms with van der Waals surface area (Å²) in [4.78, 5) is 0. The van der Waals surface area contributed by atoms with Crippen LogP contribution in [0.1, 0.15) is 19.4 Å². The van der Waals surface area contributed by atoms with E-state index in [-0.39, 0.29) is 22.8 Å². The molecule has 0 aliphatic heterocycles. The Morgan fingerprint density at radius 2 is 2.17 bits per heavy atom. The zero-order valence-corrected chi connectivity index (χ0v) is 12.3. The summed E-state index contributed by atoms with van der Waals surface area (Å²) < 4.78 is 32.1. The number of hydrogen-bond acceptors (Lipinski definition) is 5. The van der Waals surface area contributed by atoms with Crippen molar-refractivity contribution < 1.29 is 18.3 Å². The minimum absolute atomic E-state index is 0.136. The molecular formula is C11H19NO4S2. The molecular weight excluding hydrogens is 274 g/mol. The van der Waals surface area contributed by atoms with Gasteiger partial charge in [-0.25, -0.2) is 13.1 Å². The van der Waals surface area contributed by atoms with E-state index in [1.807, 2.05) is 13.8 Å². The molecule has 5 nitrogen and oxygen atoms in total. The minimum atomic E-state index is -3.54. The van der Waals surface area contributed by atoms with Gasteiger partial charge in [0.05, 0.1) is 13.2 Å². The van der Waals surface area contributed by atoms with Crippen LogP contribution in [0, 0.1) is 5.92 Å². The Hall–Kier alpha value is -0.470.